The second-order valence-corrected chi connectivity index (χ2v) is 11.9. The molecule has 1 aromatic carbocycles. The lowest BCUT2D eigenvalue weighted by molar-refractivity contribution is -0.106. The lowest BCUT2D eigenvalue weighted by atomic mass is 9.92. The van der Waals surface area contributed by atoms with E-state index in [0.717, 1.165) is 68.3 Å². The summed E-state index contributed by atoms with van der Waals surface area (Å²) in [5.74, 6) is 1.37. The summed E-state index contributed by atoms with van der Waals surface area (Å²) < 4.78 is 2.24. The summed E-state index contributed by atoms with van der Waals surface area (Å²) in [6.07, 6.45) is 11.7. The molecule has 3 heterocycles. The van der Waals surface area contributed by atoms with Gasteiger partial charge < -0.3 is 25.8 Å². The van der Waals surface area contributed by atoms with Crippen LogP contribution in [0.1, 0.15) is 87.5 Å². The standard InChI is InChI=1S/C30H41N9O3/c1-19(40)20-6-10-23(11-7-20)35-30(41)42-38-16-14-24(15-17-38)33-27-26-28(39(18-32-26)25-4-2-3-5-25)37-29(36-27)34-22-12-8-21(31)9-13-22/h6-7,10-11,18,21-22,24-25H,2-5,8-9,12-17,31H2,1H3,(H,35,41)(H2,33,34,36,37)/t21-,22-. The number of fused-ring (bicyclic) bond motifs is 1. The highest BCUT2D eigenvalue weighted by atomic mass is 16.7. The molecule has 12 nitrogen and oxygen atoms in total. The molecule has 224 valence electrons. The van der Waals surface area contributed by atoms with Gasteiger partial charge in [0.1, 0.15) is 0 Å². The molecule has 2 aliphatic carbocycles. The van der Waals surface area contributed by atoms with Crippen LogP contribution in [0.3, 0.4) is 0 Å². The smallest absolute Gasteiger partial charge is 0.365 e. The molecular formula is C30H41N9O3. The van der Waals surface area contributed by atoms with Crippen molar-refractivity contribution in [2.45, 2.75) is 95.3 Å². The number of imidazole rings is 1. The number of amides is 1. The zero-order valence-electron chi connectivity index (χ0n) is 24.2. The molecule has 0 spiro atoms. The van der Waals surface area contributed by atoms with Crippen LogP contribution in [0.2, 0.25) is 0 Å². The molecule has 1 saturated heterocycles. The van der Waals surface area contributed by atoms with Gasteiger partial charge in [0.15, 0.2) is 22.8 Å². The van der Waals surface area contributed by atoms with Gasteiger partial charge in [-0.25, -0.2) is 9.78 Å². The first-order valence-electron chi connectivity index (χ1n) is 15.3. The molecule has 0 atom stereocenters. The first-order valence-corrected chi connectivity index (χ1v) is 15.3. The normalized spacial score (nSPS) is 22.2. The molecule has 1 aliphatic heterocycles. The molecule has 2 aromatic heterocycles. The second-order valence-electron chi connectivity index (χ2n) is 11.9. The zero-order valence-corrected chi connectivity index (χ0v) is 24.2. The molecule has 0 unspecified atom stereocenters. The van der Waals surface area contributed by atoms with E-state index >= 15 is 0 Å². The quantitative estimate of drug-likeness (QED) is 0.274. The Hall–Kier alpha value is -3.77. The molecule has 3 aromatic rings. The van der Waals surface area contributed by atoms with Crippen molar-refractivity contribution in [3.63, 3.8) is 0 Å². The Morgan fingerprint density at radius 1 is 0.905 bits per heavy atom. The number of piperidine rings is 1. The number of Topliss-reactive ketones (excluding diaryl/α,β-unsaturated/α-hetero) is 1. The summed E-state index contributed by atoms with van der Waals surface area (Å²) in [7, 11) is 0. The monoisotopic (exact) mass is 575 g/mol. The van der Waals surface area contributed by atoms with Crippen LogP contribution in [0.5, 0.6) is 0 Å². The number of rotatable bonds is 8. The lowest BCUT2D eigenvalue weighted by Crippen LogP contribution is -2.41. The highest BCUT2D eigenvalue weighted by molar-refractivity contribution is 5.95. The molecule has 42 heavy (non-hydrogen) atoms. The average Bonchev–Trinajstić information content (AvgIpc) is 3.66. The maximum Gasteiger partial charge on any atom is 0.430 e. The predicted molar refractivity (Wildman–Crippen MR) is 161 cm³/mol. The molecule has 6 rings (SSSR count). The van der Waals surface area contributed by atoms with Crippen molar-refractivity contribution in [2.75, 3.05) is 29.0 Å². The number of carbonyl (C=O) groups excluding carboxylic acids is 2. The summed E-state index contributed by atoms with van der Waals surface area (Å²) in [4.78, 5) is 44.1. The van der Waals surface area contributed by atoms with E-state index in [4.69, 9.17) is 25.5 Å². The maximum absolute atomic E-state index is 12.4. The topological polar surface area (TPSA) is 152 Å². The molecule has 3 fully saturated rings. The number of nitrogens with two attached hydrogens (primary N) is 1. The van der Waals surface area contributed by atoms with Crippen molar-refractivity contribution in [1.82, 2.24) is 24.6 Å². The van der Waals surface area contributed by atoms with Crippen molar-refractivity contribution in [3.8, 4) is 0 Å². The average molecular weight is 576 g/mol. The Morgan fingerprint density at radius 3 is 2.29 bits per heavy atom. The summed E-state index contributed by atoms with van der Waals surface area (Å²) in [6.45, 7) is 2.69. The number of hydrogen-bond acceptors (Lipinski definition) is 10. The molecule has 12 heteroatoms. The number of hydrogen-bond donors (Lipinski definition) is 4. The minimum absolute atomic E-state index is 0.0209. The van der Waals surface area contributed by atoms with E-state index in [1.807, 2.05) is 6.33 Å². The third kappa shape index (κ3) is 6.65. The van der Waals surface area contributed by atoms with Crippen LogP contribution >= 0.6 is 0 Å². The molecule has 0 bridgehead atoms. The first-order chi connectivity index (χ1) is 20.4. The third-order valence-corrected chi connectivity index (χ3v) is 8.79. The Morgan fingerprint density at radius 2 is 1.60 bits per heavy atom. The van der Waals surface area contributed by atoms with Crippen LogP contribution < -0.4 is 21.7 Å². The number of benzene rings is 1. The largest absolute Gasteiger partial charge is 0.430 e. The minimum atomic E-state index is -0.550. The van der Waals surface area contributed by atoms with Crippen LogP contribution in [0.4, 0.5) is 22.2 Å². The van der Waals surface area contributed by atoms with Crippen LogP contribution in [-0.4, -0.2) is 67.7 Å². The highest BCUT2D eigenvalue weighted by Gasteiger charge is 2.27. The summed E-state index contributed by atoms with van der Waals surface area (Å²) in [5, 5.41) is 11.6. The number of aromatic nitrogens is 4. The van der Waals surface area contributed by atoms with E-state index in [0.29, 0.717) is 42.4 Å². The van der Waals surface area contributed by atoms with Crippen molar-refractivity contribution < 1.29 is 14.4 Å². The van der Waals surface area contributed by atoms with Gasteiger partial charge in [0.05, 0.1) is 6.33 Å². The minimum Gasteiger partial charge on any atom is -0.365 e. The van der Waals surface area contributed by atoms with E-state index in [1.165, 1.54) is 19.8 Å². The SMILES string of the molecule is CC(=O)c1ccc(NC(=O)ON2CCC(Nc3nc(N[C@H]4CC[C@H](N)CC4)nc4c3ncn4C3CCCC3)CC2)cc1. The number of anilines is 3. The van der Waals surface area contributed by atoms with Gasteiger partial charge in [0, 0.05) is 48.5 Å². The van der Waals surface area contributed by atoms with Gasteiger partial charge in [-0.15, -0.1) is 5.06 Å². The number of ketones is 1. The molecular weight excluding hydrogens is 534 g/mol. The fraction of sp³-hybridized carbons (Fsp3) is 0.567. The second kappa shape index (κ2) is 12.6. The Balaban J connectivity index is 1.09. The lowest BCUT2D eigenvalue weighted by Gasteiger charge is -2.31. The van der Waals surface area contributed by atoms with Gasteiger partial charge in [-0.05, 0) is 82.6 Å². The summed E-state index contributed by atoms with van der Waals surface area (Å²) in [6, 6.07) is 7.93. The Bertz CT molecular complexity index is 1390. The first kappa shape index (κ1) is 28.4. The van der Waals surface area contributed by atoms with Gasteiger partial charge in [0.2, 0.25) is 5.95 Å². The third-order valence-electron chi connectivity index (χ3n) is 8.79. The van der Waals surface area contributed by atoms with Crippen LogP contribution in [0.25, 0.3) is 11.2 Å². The molecule has 1 amide bonds. The van der Waals surface area contributed by atoms with Crippen molar-refractivity contribution in [3.05, 3.63) is 36.2 Å². The van der Waals surface area contributed by atoms with E-state index in [9.17, 15) is 9.59 Å². The van der Waals surface area contributed by atoms with Gasteiger partial charge in [-0.1, -0.05) is 12.8 Å². The molecule has 3 aliphatic rings. The van der Waals surface area contributed by atoms with E-state index in [1.54, 1.807) is 29.3 Å². The zero-order chi connectivity index (χ0) is 29.1. The fourth-order valence-corrected chi connectivity index (χ4v) is 6.31. The van der Waals surface area contributed by atoms with Crippen molar-refractivity contribution in [1.29, 1.82) is 0 Å². The Kier molecular flexibility index (Phi) is 8.52. The molecule has 2 saturated carbocycles. The maximum atomic E-state index is 12.4. The van der Waals surface area contributed by atoms with Crippen LogP contribution in [0, 0.1) is 0 Å². The number of hydroxylamine groups is 2. The number of carbonyl (C=O) groups is 2. The molecule has 5 N–H and O–H groups in total. The number of nitrogens with one attached hydrogen (secondary N) is 3. The molecule has 0 radical (unpaired) electrons. The van der Waals surface area contributed by atoms with Crippen molar-refractivity contribution in [2.24, 2.45) is 5.73 Å². The van der Waals surface area contributed by atoms with E-state index in [-0.39, 0.29) is 17.9 Å². The summed E-state index contributed by atoms with van der Waals surface area (Å²) in [5.41, 5.74) is 8.97. The van der Waals surface area contributed by atoms with Crippen LogP contribution in [0.15, 0.2) is 30.6 Å². The van der Waals surface area contributed by atoms with Gasteiger partial charge >= 0.3 is 6.09 Å². The van der Waals surface area contributed by atoms with Gasteiger partial charge in [0.25, 0.3) is 0 Å². The Labute approximate surface area is 245 Å². The highest BCUT2D eigenvalue weighted by Crippen LogP contribution is 2.34. The fourth-order valence-electron chi connectivity index (χ4n) is 6.31. The van der Waals surface area contributed by atoms with Gasteiger partial charge in [-0.2, -0.15) is 9.97 Å². The van der Waals surface area contributed by atoms with Crippen molar-refractivity contribution >= 4 is 40.5 Å². The summed E-state index contributed by atoms with van der Waals surface area (Å²) >= 11 is 0. The number of nitrogens with zero attached hydrogens (tertiary/aromatic N) is 5. The van der Waals surface area contributed by atoms with E-state index in [2.05, 4.69) is 20.5 Å². The van der Waals surface area contributed by atoms with E-state index < -0.39 is 6.09 Å². The predicted octanol–water partition coefficient (Wildman–Crippen LogP) is 4.87. The van der Waals surface area contributed by atoms with Crippen LogP contribution in [-0.2, 0) is 4.84 Å². The van der Waals surface area contributed by atoms with Gasteiger partial charge in [-0.3, -0.25) is 10.1 Å².